The van der Waals surface area contributed by atoms with Gasteiger partial charge in [0.1, 0.15) is 0 Å². The van der Waals surface area contributed by atoms with Crippen LogP contribution in [-0.4, -0.2) is 9.81 Å². The molecule has 0 radical (unpaired) electrons. The zero-order chi connectivity index (χ0) is 12.6. The molecule has 2 aromatic rings. The molecular weight excluding hydrogens is 238 g/mol. The second-order valence-corrected chi connectivity index (χ2v) is 4.49. The maximum atomic E-state index is 12.0. The van der Waals surface area contributed by atoms with Crippen LogP contribution in [0.2, 0.25) is 0 Å². The van der Waals surface area contributed by atoms with Gasteiger partial charge in [-0.15, -0.1) is 0 Å². The standard InChI is InChI=1S/C13H12ClNO2/c1-8(2)15-11-6-4-3-5-9(11)10(13(14)17)7-12(15)16/h3-8H,1-2H3. The Morgan fingerprint density at radius 3 is 2.53 bits per heavy atom. The molecule has 1 aromatic heterocycles. The summed E-state index contributed by atoms with van der Waals surface area (Å²) >= 11 is 5.50. The van der Waals surface area contributed by atoms with Crippen LogP contribution in [0, 0.1) is 0 Å². The third-order valence-corrected chi connectivity index (χ3v) is 2.89. The van der Waals surface area contributed by atoms with E-state index in [4.69, 9.17) is 11.6 Å². The summed E-state index contributed by atoms with van der Waals surface area (Å²) in [7, 11) is 0. The van der Waals surface area contributed by atoms with Crippen LogP contribution >= 0.6 is 11.6 Å². The van der Waals surface area contributed by atoms with Gasteiger partial charge in [0.2, 0.25) is 0 Å². The number of nitrogens with zero attached hydrogens (tertiary/aromatic N) is 1. The first-order valence-electron chi connectivity index (χ1n) is 5.36. The molecule has 0 aliphatic rings. The molecule has 4 heteroatoms. The number of rotatable bonds is 2. The maximum absolute atomic E-state index is 12.0. The van der Waals surface area contributed by atoms with Gasteiger partial charge in [-0.05, 0) is 31.5 Å². The summed E-state index contributed by atoms with van der Waals surface area (Å²) in [6.07, 6.45) is 0. The highest BCUT2D eigenvalue weighted by molar-refractivity contribution is 6.68. The smallest absolute Gasteiger partial charge is 0.253 e. The van der Waals surface area contributed by atoms with Crippen LogP contribution in [-0.2, 0) is 0 Å². The van der Waals surface area contributed by atoms with Crippen molar-refractivity contribution in [3.05, 3.63) is 46.2 Å². The summed E-state index contributed by atoms with van der Waals surface area (Å²) in [5, 5.41) is 0.106. The fourth-order valence-electron chi connectivity index (χ4n) is 2.00. The number of hydrogen-bond donors (Lipinski definition) is 0. The van der Waals surface area contributed by atoms with Crippen molar-refractivity contribution in [1.82, 2.24) is 4.57 Å². The van der Waals surface area contributed by atoms with Gasteiger partial charge < -0.3 is 4.57 Å². The van der Waals surface area contributed by atoms with Gasteiger partial charge >= 0.3 is 0 Å². The number of hydrogen-bond acceptors (Lipinski definition) is 2. The van der Waals surface area contributed by atoms with Crippen LogP contribution in [0.25, 0.3) is 10.9 Å². The predicted molar refractivity (Wildman–Crippen MR) is 68.8 cm³/mol. The van der Waals surface area contributed by atoms with Crippen LogP contribution in [0.3, 0.4) is 0 Å². The molecular formula is C13H12ClNO2. The van der Waals surface area contributed by atoms with Gasteiger partial charge in [-0.1, -0.05) is 18.2 Å². The van der Waals surface area contributed by atoms with Gasteiger partial charge in [-0.2, -0.15) is 0 Å². The molecule has 0 aliphatic carbocycles. The number of carbonyl (C=O) groups is 1. The van der Waals surface area contributed by atoms with Crippen LogP contribution < -0.4 is 5.56 Å². The summed E-state index contributed by atoms with van der Waals surface area (Å²) in [6.45, 7) is 3.85. The Labute approximate surface area is 104 Å². The van der Waals surface area contributed by atoms with Crippen LogP contribution in [0.4, 0.5) is 0 Å². The summed E-state index contributed by atoms with van der Waals surface area (Å²) in [5.74, 6) is 0. The molecule has 0 atom stereocenters. The normalized spacial score (nSPS) is 11.1. The number of para-hydroxylation sites is 1. The van der Waals surface area contributed by atoms with Gasteiger partial charge in [0.25, 0.3) is 10.8 Å². The summed E-state index contributed by atoms with van der Waals surface area (Å²) in [5.41, 5.74) is 0.797. The molecule has 0 spiro atoms. The Hall–Kier alpha value is -1.61. The van der Waals surface area contributed by atoms with E-state index < -0.39 is 5.24 Å². The largest absolute Gasteiger partial charge is 0.306 e. The van der Waals surface area contributed by atoms with Crippen molar-refractivity contribution in [3.8, 4) is 0 Å². The lowest BCUT2D eigenvalue weighted by atomic mass is 10.1. The van der Waals surface area contributed by atoms with Crippen molar-refractivity contribution < 1.29 is 4.79 Å². The lowest BCUT2D eigenvalue weighted by molar-refractivity contribution is 0.108. The van der Waals surface area contributed by atoms with E-state index in [2.05, 4.69) is 0 Å². The highest BCUT2D eigenvalue weighted by atomic mass is 35.5. The predicted octanol–water partition coefficient (Wildman–Crippen LogP) is 2.96. The van der Waals surface area contributed by atoms with Crippen molar-refractivity contribution in [2.45, 2.75) is 19.9 Å². The van der Waals surface area contributed by atoms with Gasteiger partial charge in [-0.3, -0.25) is 9.59 Å². The molecule has 1 heterocycles. The fraction of sp³-hybridized carbons (Fsp3) is 0.231. The van der Waals surface area contributed by atoms with Gasteiger partial charge in [0.15, 0.2) is 0 Å². The van der Waals surface area contributed by atoms with Crippen molar-refractivity contribution in [2.24, 2.45) is 0 Å². The number of carbonyl (C=O) groups excluding carboxylic acids is 1. The second kappa shape index (κ2) is 4.34. The molecule has 88 valence electrons. The van der Waals surface area contributed by atoms with Gasteiger partial charge in [-0.25, -0.2) is 0 Å². The number of benzene rings is 1. The van der Waals surface area contributed by atoms with Crippen LogP contribution in [0.5, 0.6) is 0 Å². The highest BCUT2D eigenvalue weighted by Crippen LogP contribution is 2.20. The van der Waals surface area contributed by atoms with E-state index in [0.29, 0.717) is 5.39 Å². The molecule has 0 saturated carbocycles. The molecule has 0 unspecified atom stereocenters. The zero-order valence-corrected chi connectivity index (χ0v) is 10.4. The summed E-state index contributed by atoms with van der Waals surface area (Å²) in [6, 6.07) is 8.61. The van der Waals surface area contributed by atoms with Crippen molar-refractivity contribution in [2.75, 3.05) is 0 Å². The molecule has 2 rings (SSSR count). The topological polar surface area (TPSA) is 39.1 Å². The van der Waals surface area contributed by atoms with Crippen LogP contribution in [0.1, 0.15) is 30.2 Å². The Kier molecular flexibility index (Phi) is 3.03. The van der Waals surface area contributed by atoms with E-state index in [1.54, 1.807) is 10.6 Å². The van der Waals surface area contributed by atoms with Crippen molar-refractivity contribution in [1.29, 1.82) is 0 Å². The third-order valence-electron chi connectivity index (χ3n) is 2.69. The Morgan fingerprint density at radius 2 is 1.94 bits per heavy atom. The minimum atomic E-state index is -0.603. The first kappa shape index (κ1) is 11.9. The van der Waals surface area contributed by atoms with E-state index in [-0.39, 0.29) is 17.2 Å². The lowest BCUT2D eigenvalue weighted by Gasteiger charge is -2.14. The summed E-state index contributed by atoms with van der Waals surface area (Å²) in [4.78, 5) is 23.3. The Morgan fingerprint density at radius 1 is 1.29 bits per heavy atom. The van der Waals surface area contributed by atoms with Gasteiger partial charge in [0.05, 0.1) is 5.52 Å². The Bertz CT molecular complexity index is 643. The number of pyridine rings is 1. The average Bonchev–Trinajstić information content (AvgIpc) is 2.27. The fourth-order valence-corrected chi connectivity index (χ4v) is 2.15. The molecule has 0 fully saturated rings. The minimum absolute atomic E-state index is 0.0341. The molecule has 0 N–H and O–H groups in total. The van der Waals surface area contributed by atoms with E-state index >= 15 is 0 Å². The maximum Gasteiger partial charge on any atom is 0.253 e. The minimum Gasteiger partial charge on any atom is -0.306 e. The van der Waals surface area contributed by atoms with Crippen molar-refractivity contribution >= 4 is 27.7 Å². The lowest BCUT2D eigenvalue weighted by Crippen LogP contribution is -2.23. The average molecular weight is 250 g/mol. The SMILES string of the molecule is CC(C)n1c(=O)cc(C(=O)Cl)c2ccccc21. The first-order chi connectivity index (χ1) is 8.02. The Balaban J connectivity index is 2.97. The van der Waals surface area contributed by atoms with E-state index in [0.717, 1.165) is 5.52 Å². The van der Waals surface area contributed by atoms with E-state index in [1.807, 2.05) is 32.0 Å². The van der Waals surface area contributed by atoms with Crippen LogP contribution in [0.15, 0.2) is 35.1 Å². The van der Waals surface area contributed by atoms with E-state index in [9.17, 15) is 9.59 Å². The molecule has 0 bridgehead atoms. The molecule has 3 nitrogen and oxygen atoms in total. The zero-order valence-electron chi connectivity index (χ0n) is 9.61. The molecule has 17 heavy (non-hydrogen) atoms. The number of halogens is 1. The number of fused-ring (bicyclic) bond motifs is 1. The number of aromatic nitrogens is 1. The molecule has 0 aliphatic heterocycles. The molecule has 0 saturated heterocycles. The second-order valence-electron chi connectivity index (χ2n) is 4.15. The quantitative estimate of drug-likeness (QED) is 0.768. The third kappa shape index (κ3) is 1.98. The first-order valence-corrected chi connectivity index (χ1v) is 5.74. The highest BCUT2D eigenvalue weighted by Gasteiger charge is 2.13. The van der Waals surface area contributed by atoms with Gasteiger partial charge in [0, 0.05) is 23.1 Å². The molecule has 0 amide bonds. The monoisotopic (exact) mass is 249 g/mol. The summed E-state index contributed by atoms with van der Waals surface area (Å²) < 4.78 is 1.65. The molecule has 1 aromatic carbocycles. The van der Waals surface area contributed by atoms with E-state index in [1.165, 1.54) is 6.07 Å². The van der Waals surface area contributed by atoms with Crippen molar-refractivity contribution in [3.63, 3.8) is 0 Å².